The van der Waals surface area contributed by atoms with Gasteiger partial charge in [0, 0.05) is 11.1 Å². The summed E-state index contributed by atoms with van der Waals surface area (Å²) in [6.45, 7) is 0. The van der Waals surface area contributed by atoms with E-state index in [2.05, 4.69) is 15.4 Å². The number of rotatable bonds is 2. The molecular weight excluding hydrogens is 256 g/mol. The highest BCUT2D eigenvalue weighted by Gasteiger charge is 2.09. The van der Waals surface area contributed by atoms with Crippen molar-refractivity contribution in [2.45, 2.75) is 0 Å². The van der Waals surface area contributed by atoms with Crippen LogP contribution in [0.15, 0.2) is 42.5 Å². The standard InChI is InChI=1S/C14H12N4O2/c15-18-14(20)9-3-6-11-12(7-9)17-13(16-11)8-1-4-10(19)5-2-8/h1-7,19H,15H2,(H,16,17)(H,18,20). The predicted molar refractivity (Wildman–Crippen MR) is 74.8 cm³/mol. The summed E-state index contributed by atoms with van der Waals surface area (Å²) >= 11 is 0. The number of amides is 1. The van der Waals surface area contributed by atoms with Crippen LogP contribution in [0.3, 0.4) is 0 Å². The first-order chi connectivity index (χ1) is 9.67. The fourth-order valence-electron chi connectivity index (χ4n) is 1.99. The van der Waals surface area contributed by atoms with Gasteiger partial charge in [-0.25, -0.2) is 10.8 Å². The fraction of sp³-hybridized carbons (Fsp3) is 0. The summed E-state index contributed by atoms with van der Waals surface area (Å²) in [4.78, 5) is 19.0. The highest BCUT2D eigenvalue weighted by Crippen LogP contribution is 2.23. The summed E-state index contributed by atoms with van der Waals surface area (Å²) in [5.41, 5.74) is 4.90. The molecule has 3 rings (SSSR count). The molecule has 0 saturated heterocycles. The van der Waals surface area contributed by atoms with Crippen molar-refractivity contribution in [2.75, 3.05) is 0 Å². The third kappa shape index (κ3) is 2.08. The van der Waals surface area contributed by atoms with Crippen LogP contribution >= 0.6 is 0 Å². The zero-order valence-corrected chi connectivity index (χ0v) is 10.4. The van der Waals surface area contributed by atoms with Gasteiger partial charge in [0.2, 0.25) is 0 Å². The minimum absolute atomic E-state index is 0.201. The van der Waals surface area contributed by atoms with Crippen LogP contribution in [-0.2, 0) is 0 Å². The second-order valence-electron chi connectivity index (χ2n) is 4.34. The molecule has 3 aromatic rings. The van der Waals surface area contributed by atoms with Gasteiger partial charge in [0.25, 0.3) is 5.91 Å². The summed E-state index contributed by atoms with van der Waals surface area (Å²) in [6.07, 6.45) is 0. The van der Waals surface area contributed by atoms with E-state index in [0.29, 0.717) is 11.4 Å². The molecule has 0 saturated carbocycles. The number of aromatic hydroxyl groups is 1. The maximum Gasteiger partial charge on any atom is 0.265 e. The zero-order chi connectivity index (χ0) is 14.1. The summed E-state index contributed by atoms with van der Waals surface area (Å²) in [7, 11) is 0. The number of nitrogens with zero attached hydrogens (tertiary/aromatic N) is 1. The number of hydrogen-bond acceptors (Lipinski definition) is 4. The number of aromatic nitrogens is 2. The number of nitrogens with one attached hydrogen (secondary N) is 2. The van der Waals surface area contributed by atoms with Gasteiger partial charge in [-0.2, -0.15) is 0 Å². The Kier molecular flexibility index (Phi) is 2.85. The average Bonchev–Trinajstić information content (AvgIpc) is 2.90. The van der Waals surface area contributed by atoms with Gasteiger partial charge in [-0.05, 0) is 42.5 Å². The number of fused-ring (bicyclic) bond motifs is 1. The maximum atomic E-state index is 11.5. The molecule has 1 heterocycles. The molecule has 6 nitrogen and oxygen atoms in total. The molecule has 2 aromatic carbocycles. The van der Waals surface area contributed by atoms with Crippen LogP contribution in [0.5, 0.6) is 5.75 Å². The summed E-state index contributed by atoms with van der Waals surface area (Å²) in [5.74, 6) is 5.63. The molecule has 0 aliphatic carbocycles. The number of nitrogens with two attached hydrogens (primary N) is 1. The number of carbonyl (C=O) groups is 1. The van der Waals surface area contributed by atoms with E-state index in [1.165, 1.54) is 0 Å². The third-order valence-electron chi connectivity index (χ3n) is 3.02. The summed E-state index contributed by atoms with van der Waals surface area (Å²) in [5, 5.41) is 9.28. The SMILES string of the molecule is NNC(=O)c1ccc2nc(-c3ccc(O)cc3)[nH]c2c1. The lowest BCUT2D eigenvalue weighted by atomic mass is 10.2. The first-order valence-corrected chi connectivity index (χ1v) is 5.97. The quantitative estimate of drug-likeness (QED) is 0.321. The molecule has 5 N–H and O–H groups in total. The topological polar surface area (TPSA) is 104 Å². The molecule has 20 heavy (non-hydrogen) atoms. The van der Waals surface area contributed by atoms with Gasteiger partial charge >= 0.3 is 0 Å². The molecule has 0 unspecified atom stereocenters. The van der Waals surface area contributed by atoms with Crippen molar-refractivity contribution in [1.82, 2.24) is 15.4 Å². The van der Waals surface area contributed by atoms with Crippen LogP contribution in [0.25, 0.3) is 22.4 Å². The number of hydrazine groups is 1. The zero-order valence-electron chi connectivity index (χ0n) is 10.4. The second kappa shape index (κ2) is 4.67. The molecule has 1 aromatic heterocycles. The van der Waals surface area contributed by atoms with Crippen LogP contribution in [0, 0.1) is 0 Å². The number of imidazole rings is 1. The average molecular weight is 268 g/mol. The number of carbonyl (C=O) groups excluding carboxylic acids is 1. The van der Waals surface area contributed by atoms with Crippen molar-refractivity contribution in [2.24, 2.45) is 5.84 Å². The Labute approximate surface area is 114 Å². The van der Waals surface area contributed by atoms with Gasteiger partial charge in [-0.3, -0.25) is 10.2 Å². The number of benzene rings is 2. The van der Waals surface area contributed by atoms with Crippen LogP contribution in [0.4, 0.5) is 0 Å². The molecule has 100 valence electrons. The van der Waals surface area contributed by atoms with E-state index >= 15 is 0 Å². The van der Waals surface area contributed by atoms with E-state index in [-0.39, 0.29) is 11.7 Å². The van der Waals surface area contributed by atoms with Gasteiger partial charge in [0.05, 0.1) is 11.0 Å². The predicted octanol–water partition coefficient (Wildman–Crippen LogP) is 1.54. The Balaban J connectivity index is 2.06. The molecule has 0 radical (unpaired) electrons. The Morgan fingerprint density at radius 3 is 2.65 bits per heavy atom. The largest absolute Gasteiger partial charge is 0.508 e. The highest BCUT2D eigenvalue weighted by molar-refractivity contribution is 5.97. The van der Waals surface area contributed by atoms with Crippen molar-refractivity contribution >= 4 is 16.9 Å². The molecule has 0 aliphatic heterocycles. The number of nitrogen functional groups attached to an aromatic ring is 1. The first kappa shape index (κ1) is 12.2. The molecule has 0 bridgehead atoms. The number of H-pyrrole nitrogens is 1. The second-order valence-corrected chi connectivity index (χ2v) is 4.34. The van der Waals surface area contributed by atoms with E-state index < -0.39 is 0 Å². The lowest BCUT2D eigenvalue weighted by molar-refractivity contribution is 0.0954. The number of aromatic amines is 1. The van der Waals surface area contributed by atoms with Crippen molar-refractivity contribution in [3.05, 3.63) is 48.0 Å². The highest BCUT2D eigenvalue weighted by atomic mass is 16.3. The van der Waals surface area contributed by atoms with E-state index in [1.807, 2.05) is 0 Å². The molecule has 0 fully saturated rings. The summed E-state index contributed by atoms with van der Waals surface area (Å²) in [6, 6.07) is 11.8. The number of phenolic OH excluding ortho intramolecular Hbond substituents is 1. The molecule has 0 atom stereocenters. The van der Waals surface area contributed by atoms with Crippen LogP contribution in [-0.4, -0.2) is 21.0 Å². The molecule has 1 amide bonds. The summed E-state index contributed by atoms with van der Waals surface area (Å²) < 4.78 is 0. The van der Waals surface area contributed by atoms with Gasteiger partial charge in [0.15, 0.2) is 0 Å². The normalized spacial score (nSPS) is 10.7. The van der Waals surface area contributed by atoms with Crippen LogP contribution in [0.2, 0.25) is 0 Å². The Bertz CT molecular complexity index is 777. The minimum Gasteiger partial charge on any atom is -0.508 e. The van der Waals surface area contributed by atoms with Crippen molar-refractivity contribution < 1.29 is 9.90 Å². The van der Waals surface area contributed by atoms with Crippen LogP contribution in [0.1, 0.15) is 10.4 Å². The molecule has 0 spiro atoms. The van der Waals surface area contributed by atoms with Gasteiger partial charge < -0.3 is 10.1 Å². The van der Waals surface area contributed by atoms with E-state index in [9.17, 15) is 9.90 Å². The number of hydrogen-bond donors (Lipinski definition) is 4. The van der Waals surface area contributed by atoms with Crippen molar-refractivity contribution in [3.63, 3.8) is 0 Å². The maximum absolute atomic E-state index is 11.5. The lowest BCUT2D eigenvalue weighted by Crippen LogP contribution is -2.29. The van der Waals surface area contributed by atoms with Gasteiger partial charge in [-0.15, -0.1) is 0 Å². The van der Waals surface area contributed by atoms with Crippen LogP contribution < -0.4 is 11.3 Å². The minimum atomic E-state index is -0.354. The van der Waals surface area contributed by atoms with Crippen molar-refractivity contribution in [1.29, 1.82) is 0 Å². The Hall–Kier alpha value is -2.86. The molecule has 0 aliphatic rings. The molecule has 6 heteroatoms. The monoisotopic (exact) mass is 268 g/mol. The number of phenols is 1. The fourth-order valence-corrected chi connectivity index (χ4v) is 1.99. The first-order valence-electron chi connectivity index (χ1n) is 5.97. The van der Waals surface area contributed by atoms with Gasteiger partial charge in [0.1, 0.15) is 11.6 Å². The molecular formula is C14H12N4O2. The third-order valence-corrected chi connectivity index (χ3v) is 3.02. The van der Waals surface area contributed by atoms with E-state index in [1.54, 1.807) is 42.5 Å². The van der Waals surface area contributed by atoms with Crippen molar-refractivity contribution in [3.8, 4) is 17.1 Å². The smallest absolute Gasteiger partial charge is 0.265 e. The van der Waals surface area contributed by atoms with Gasteiger partial charge in [-0.1, -0.05) is 0 Å². The Morgan fingerprint density at radius 2 is 1.95 bits per heavy atom. The Morgan fingerprint density at radius 1 is 1.20 bits per heavy atom. The van der Waals surface area contributed by atoms with E-state index in [0.717, 1.165) is 16.6 Å². The lowest BCUT2D eigenvalue weighted by Gasteiger charge is -1.98. The van der Waals surface area contributed by atoms with E-state index in [4.69, 9.17) is 5.84 Å².